The van der Waals surface area contributed by atoms with Crippen molar-refractivity contribution >= 4 is 10.0 Å². The van der Waals surface area contributed by atoms with E-state index in [2.05, 4.69) is 4.72 Å². The molecule has 102 valence electrons. The number of aryl methyl sites for hydroxylation is 1. The molecule has 4 nitrogen and oxygen atoms in total. The molecule has 0 unspecified atom stereocenters. The van der Waals surface area contributed by atoms with Gasteiger partial charge < -0.3 is 4.74 Å². The molecule has 0 fully saturated rings. The fraction of sp³-hybridized carbons (Fsp3) is 0.538. The van der Waals surface area contributed by atoms with Crippen molar-refractivity contribution in [3.63, 3.8) is 0 Å². The summed E-state index contributed by atoms with van der Waals surface area (Å²) < 4.78 is 32.4. The van der Waals surface area contributed by atoms with E-state index in [0.717, 1.165) is 18.4 Å². The molecule has 0 saturated heterocycles. The molecule has 0 radical (unpaired) electrons. The number of rotatable bonds is 6. The average molecular weight is 271 g/mol. The first-order valence-corrected chi connectivity index (χ1v) is 7.59. The van der Waals surface area contributed by atoms with Gasteiger partial charge in [-0.1, -0.05) is 19.9 Å². The first-order valence-electron chi connectivity index (χ1n) is 6.11. The van der Waals surface area contributed by atoms with Gasteiger partial charge in [0.15, 0.2) is 0 Å². The minimum atomic E-state index is -3.52. The van der Waals surface area contributed by atoms with E-state index in [1.807, 2.05) is 26.8 Å². The first kappa shape index (κ1) is 15.0. The fourth-order valence-electron chi connectivity index (χ4n) is 1.73. The Morgan fingerprint density at radius 3 is 2.39 bits per heavy atom. The molecule has 0 heterocycles. The summed E-state index contributed by atoms with van der Waals surface area (Å²) >= 11 is 0. The Kier molecular flexibility index (Phi) is 5.16. The second kappa shape index (κ2) is 6.20. The zero-order valence-electron chi connectivity index (χ0n) is 11.4. The van der Waals surface area contributed by atoms with E-state index < -0.39 is 10.0 Å². The Balaban J connectivity index is 3.15. The summed E-state index contributed by atoms with van der Waals surface area (Å²) in [7, 11) is -2.05. The summed E-state index contributed by atoms with van der Waals surface area (Å²) in [5, 5.41) is 0. The molecule has 0 aliphatic carbocycles. The zero-order chi connectivity index (χ0) is 13.8. The molecule has 0 saturated carbocycles. The number of sulfonamides is 1. The first-order chi connectivity index (χ1) is 8.44. The van der Waals surface area contributed by atoms with Crippen LogP contribution < -0.4 is 9.46 Å². The Labute approximate surface area is 109 Å². The van der Waals surface area contributed by atoms with Gasteiger partial charge >= 0.3 is 0 Å². The zero-order valence-corrected chi connectivity index (χ0v) is 12.2. The van der Waals surface area contributed by atoms with Gasteiger partial charge in [0.2, 0.25) is 10.0 Å². The monoisotopic (exact) mass is 271 g/mol. The number of nitrogens with one attached hydrogen (secondary N) is 1. The van der Waals surface area contributed by atoms with E-state index in [-0.39, 0.29) is 10.9 Å². The molecule has 0 aromatic heterocycles. The molecule has 5 heteroatoms. The Hall–Kier alpha value is -1.07. The highest BCUT2D eigenvalue weighted by atomic mass is 32.2. The predicted octanol–water partition coefficient (Wildman–Crippen LogP) is 2.47. The van der Waals surface area contributed by atoms with Crippen molar-refractivity contribution in [1.29, 1.82) is 0 Å². The summed E-state index contributed by atoms with van der Waals surface area (Å²) in [6, 6.07) is 5.09. The van der Waals surface area contributed by atoms with Crippen LogP contribution in [0.4, 0.5) is 0 Å². The number of hydrogen-bond acceptors (Lipinski definition) is 3. The quantitative estimate of drug-likeness (QED) is 0.864. The van der Waals surface area contributed by atoms with Crippen molar-refractivity contribution in [2.24, 2.45) is 0 Å². The highest BCUT2D eigenvalue weighted by Crippen LogP contribution is 2.25. The number of methoxy groups -OCH3 is 1. The maximum absolute atomic E-state index is 12.3. The largest absolute Gasteiger partial charge is 0.495 e. The van der Waals surface area contributed by atoms with E-state index in [1.165, 1.54) is 7.11 Å². The summed E-state index contributed by atoms with van der Waals surface area (Å²) in [4.78, 5) is 0.205. The van der Waals surface area contributed by atoms with Crippen LogP contribution in [0.1, 0.15) is 32.3 Å². The van der Waals surface area contributed by atoms with Gasteiger partial charge in [-0.05, 0) is 37.5 Å². The van der Waals surface area contributed by atoms with E-state index in [0.29, 0.717) is 5.75 Å². The van der Waals surface area contributed by atoms with Crippen molar-refractivity contribution in [3.05, 3.63) is 23.8 Å². The van der Waals surface area contributed by atoms with Crippen LogP contribution >= 0.6 is 0 Å². The van der Waals surface area contributed by atoms with Gasteiger partial charge in [0, 0.05) is 6.04 Å². The topological polar surface area (TPSA) is 55.4 Å². The van der Waals surface area contributed by atoms with Crippen LogP contribution in [0.3, 0.4) is 0 Å². The lowest BCUT2D eigenvalue weighted by atomic mass is 10.2. The minimum Gasteiger partial charge on any atom is -0.495 e. The smallest absolute Gasteiger partial charge is 0.244 e. The molecule has 0 bridgehead atoms. The van der Waals surface area contributed by atoms with Crippen LogP contribution in [-0.2, 0) is 10.0 Å². The van der Waals surface area contributed by atoms with Gasteiger partial charge in [0.1, 0.15) is 10.6 Å². The van der Waals surface area contributed by atoms with Crippen molar-refractivity contribution in [3.8, 4) is 5.75 Å². The van der Waals surface area contributed by atoms with Crippen LogP contribution in [0.15, 0.2) is 23.1 Å². The van der Waals surface area contributed by atoms with Crippen molar-refractivity contribution in [2.45, 2.75) is 44.6 Å². The lowest BCUT2D eigenvalue weighted by molar-refractivity contribution is 0.401. The van der Waals surface area contributed by atoms with Crippen LogP contribution in [0, 0.1) is 6.92 Å². The highest BCUT2D eigenvalue weighted by molar-refractivity contribution is 7.89. The third-order valence-corrected chi connectivity index (χ3v) is 4.46. The number of benzene rings is 1. The van der Waals surface area contributed by atoms with Crippen molar-refractivity contribution in [2.75, 3.05) is 7.11 Å². The Bertz CT molecular complexity index is 493. The third-order valence-electron chi connectivity index (χ3n) is 2.92. The summed E-state index contributed by atoms with van der Waals surface area (Å²) in [5.74, 6) is 0.374. The van der Waals surface area contributed by atoms with Crippen molar-refractivity contribution < 1.29 is 13.2 Å². The number of hydrogen-bond donors (Lipinski definition) is 1. The molecule has 0 aliphatic heterocycles. The summed E-state index contributed by atoms with van der Waals surface area (Å²) in [6.45, 7) is 5.78. The maximum Gasteiger partial charge on any atom is 0.244 e. The van der Waals surface area contributed by atoms with Crippen LogP contribution in [-0.4, -0.2) is 21.6 Å². The lowest BCUT2D eigenvalue weighted by Crippen LogP contribution is -2.34. The standard InChI is InChI=1S/C13H21NO3S/c1-5-11(6-2)14-18(15,16)13-9-10(3)7-8-12(13)17-4/h7-9,11,14H,5-6H2,1-4H3. The molecule has 18 heavy (non-hydrogen) atoms. The van der Waals surface area contributed by atoms with Crippen molar-refractivity contribution in [1.82, 2.24) is 4.72 Å². The highest BCUT2D eigenvalue weighted by Gasteiger charge is 2.22. The van der Waals surface area contributed by atoms with Gasteiger partial charge in [-0.2, -0.15) is 0 Å². The minimum absolute atomic E-state index is 0.0415. The lowest BCUT2D eigenvalue weighted by Gasteiger charge is -2.17. The van der Waals surface area contributed by atoms with Gasteiger partial charge in [-0.25, -0.2) is 13.1 Å². The maximum atomic E-state index is 12.3. The van der Waals surface area contributed by atoms with E-state index in [4.69, 9.17) is 4.74 Å². The van der Waals surface area contributed by atoms with Crippen LogP contribution in [0.25, 0.3) is 0 Å². The van der Waals surface area contributed by atoms with E-state index in [9.17, 15) is 8.42 Å². The van der Waals surface area contributed by atoms with Crippen LogP contribution in [0.2, 0.25) is 0 Å². The van der Waals surface area contributed by atoms with E-state index >= 15 is 0 Å². The van der Waals surface area contributed by atoms with Gasteiger partial charge in [-0.15, -0.1) is 0 Å². The summed E-state index contributed by atoms with van der Waals surface area (Å²) in [6.07, 6.45) is 1.54. The molecule has 0 aliphatic rings. The second-order valence-electron chi connectivity index (χ2n) is 4.29. The Morgan fingerprint density at radius 2 is 1.89 bits per heavy atom. The molecule has 0 atom stereocenters. The van der Waals surface area contributed by atoms with Gasteiger partial charge in [0.05, 0.1) is 7.11 Å². The van der Waals surface area contributed by atoms with Gasteiger partial charge in [-0.3, -0.25) is 0 Å². The van der Waals surface area contributed by atoms with Gasteiger partial charge in [0.25, 0.3) is 0 Å². The third kappa shape index (κ3) is 3.46. The Morgan fingerprint density at radius 1 is 1.28 bits per heavy atom. The van der Waals surface area contributed by atoms with Crippen LogP contribution in [0.5, 0.6) is 5.75 Å². The molecule has 1 N–H and O–H groups in total. The number of ether oxygens (including phenoxy) is 1. The second-order valence-corrected chi connectivity index (χ2v) is 5.97. The fourth-order valence-corrected chi connectivity index (χ4v) is 3.39. The predicted molar refractivity (Wildman–Crippen MR) is 72.4 cm³/mol. The summed E-state index contributed by atoms with van der Waals surface area (Å²) in [5.41, 5.74) is 0.890. The van der Waals surface area contributed by atoms with E-state index in [1.54, 1.807) is 12.1 Å². The molecular formula is C13H21NO3S. The molecule has 0 spiro atoms. The normalized spacial score (nSPS) is 11.8. The molecule has 0 amide bonds. The molecule has 1 aromatic carbocycles. The molecular weight excluding hydrogens is 250 g/mol. The SMILES string of the molecule is CCC(CC)NS(=O)(=O)c1cc(C)ccc1OC. The molecule has 1 aromatic rings. The average Bonchev–Trinajstić information content (AvgIpc) is 2.36. The molecule has 1 rings (SSSR count).